The summed E-state index contributed by atoms with van der Waals surface area (Å²) in [5.74, 6) is 0.283. The molecule has 0 aliphatic carbocycles. The Balaban J connectivity index is 2.07. The van der Waals surface area contributed by atoms with Crippen LogP contribution in [0.2, 0.25) is 0 Å². The highest BCUT2D eigenvalue weighted by atomic mass is 79.9. The summed E-state index contributed by atoms with van der Waals surface area (Å²) in [5, 5.41) is 3.19. The molecule has 3 rings (SSSR count). The molecule has 0 bridgehead atoms. The molecule has 0 atom stereocenters. The first kappa shape index (κ1) is 19.3. The molecule has 0 amide bonds. The van der Waals surface area contributed by atoms with Crippen LogP contribution in [0.1, 0.15) is 16.7 Å². The summed E-state index contributed by atoms with van der Waals surface area (Å²) in [4.78, 5) is 0.140. The van der Waals surface area contributed by atoms with Crippen LogP contribution in [0.25, 0.3) is 0 Å². The molecule has 6 heteroatoms. The summed E-state index contributed by atoms with van der Waals surface area (Å²) in [6.45, 7) is 3.99. The third-order valence-electron chi connectivity index (χ3n) is 4.01. The molecule has 4 nitrogen and oxygen atoms in total. The lowest BCUT2D eigenvalue weighted by Gasteiger charge is -2.13. The zero-order valence-electron chi connectivity index (χ0n) is 15.0. The minimum atomic E-state index is -3.86. The van der Waals surface area contributed by atoms with Crippen molar-refractivity contribution in [1.82, 2.24) is 0 Å². The van der Waals surface area contributed by atoms with Crippen LogP contribution in [0.5, 0.6) is 0 Å². The van der Waals surface area contributed by atoms with E-state index < -0.39 is 10.0 Å². The second-order valence-electron chi connectivity index (χ2n) is 6.18. The van der Waals surface area contributed by atoms with Gasteiger partial charge in [-0.3, -0.25) is 0 Å². The lowest BCUT2D eigenvalue weighted by atomic mass is 10.1. The van der Waals surface area contributed by atoms with Crippen LogP contribution in [-0.4, -0.2) is 14.3 Å². The fourth-order valence-electron chi connectivity index (χ4n) is 2.60. The Labute approximate surface area is 168 Å². The van der Waals surface area contributed by atoms with E-state index in [9.17, 15) is 8.42 Å². The first-order valence-electron chi connectivity index (χ1n) is 8.35. The molecule has 0 heterocycles. The van der Waals surface area contributed by atoms with E-state index in [0.29, 0.717) is 5.56 Å². The first-order valence-corrected chi connectivity index (χ1v) is 10.6. The van der Waals surface area contributed by atoms with Gasteiger partial charge in [0.2, 0.25) is 0 Å². The Bertz CT molecular complexity index is 1080. The molecule has 0 aliphatic heterocycles. The number of halogens is 1. The highest BCUT2D eigenvalue weighted by molar-refractivity contribution is 9.10. The van der Waals surface area contributed by atoms with Gasteiger partial charge in [-0.2, -0.15) is 8.42 Å². The molecular weight excluding hydrogens is 424 g/mol. The second-order valence-corrected chi connectivity index (χ2v) is 8.70. The normalized spacial score (nSPS) is 12.0. The molecule has 0 spiro atoms. The number of sulfonamides is 1. The molecule has 138 valence electrons. The van der Waals surface area contributed by atoms with Crippen LogP contribution in [0, 0.1) is 13.8 Å². The largest absolute Gasteiger partial charge is 0.339 e. The molecule has 0 unspecified atom stereocenters. The predicted molar refractivity (Wildman–Crippen MR) is 114 cm³/mol. The van der Waals surface area contributed by atoms with Crippen LogP contribution in [-0.2, 0) is 10.0 Å². The molecule has 0 saturated carbocycles. The molecule has 3 aromatic rings. The van der Waals surface area contributed by atoms with E-state index in [2.05, 4.69) is 25.6 Å². The zero-order chi connectivity index (χ0) is 19.4. The van der Waals surface area contributed by atoms with Crippen molar-refractivity contribution in [1.29, 1.82) is 0 Å². The van der Waals surface area contributed by atoms with Crippen molar-refractivity contribution in [3.05, 3.63) is 94.0 Å². The van der Waals surface area contributed by atoms with Gasteiger partial charge in [0.15, 0.2) is 5.84 Å². The number of rotatable bonds is 4. The molecule has 1 N–H and O–H groups in total. The van der Waals surface area contributed by atoms with Crippen LogP contribution in [0.15, 0.2) is 86.6 Å². The molecule has 0 saturated heterocycles. The van der Waals surface area contributed by atoms with Gasteiger partial charge in [0.25, 0.3) is 10.0 Å². The minimum absolute atomic E-state index is 0.140. The van der Waals surface area contributed by atoms with E-state index in [1.54, 1.807) is 12.1 Å². The van der Waals surface area contributed by atoms with E-state index in [-0.39, 0.29) is 10.7 Å². The molecule has 27 heavy (non-hydrogen) atoms. The number of nitrogens with one attached hydrogen (secondary N) is 1. The maximum atomic E-state index is 12.8. The van der Waals surface area contributed by atoms with Crippen LogP contribution in [0.4, 0.5) is 5.69 Å². The van der Waals surface area contributed by atoms with E-state index in [1.165, 1.54) is 12.1 Å². The third kappa shape index (κ3) is 4.84. The van der Waals surface area contributed by atoms with Crippen LogP contribution in [0.3, 0.4) is 0 Å². The topological polar surface area (TPSA) is 58.5 Å². The van der Waals surface area contributed by atoms with Crippen molar-refractivity contribution in [3.8, 4) is 0 Å². The molecular formula is C21H19BrN2O2S. The Morgan fingerprint density at radius 2 is 1.59 bits per heavy atom. The third-order valence-corrected chi connectivity index (χ3v) is 5.82. The average Bonchev–Trinajstić information content (AvgIpc) is 2.64. The van der Waals surface area contributed by atoms with Crippen molar-refractivity contribution >= 4 is 37.5 Å². The van der Waals surface area contributed by atoms with Crippen molar-refractivity contribution < 1.29 is 8.42 Å². The zero-order valence-corrected chi connectivity index (χ0v) is 17.4. The Hall–Kier alpha value is -2.44. The maximum absolute atomic E-state index is 12.8. The minimum Gasteiger partial charge on any atom is -0.339 e. The predicted octanol–water partition coefficient (Wildman–Crippen LogP) is 5.31. The number of nitrogens with zero attached hydrogens (tertiary/aromatic N) is 1. The Morgan fingerprint density at radius 3 is 2.22 bits per heavy atom. The van der Waals surface area contributed by atoms with Gasteiger partial charge >= 0.3 is 0 Å². The summed E-state index contributed by atoms with van der Waals surface area (Å²) >= 11 is 3.31. The second kappa shape index (κ2) is 8.06. The average molecular weight is 443 g/mol. The van der Waals surface area contributed by atoms with Gasteiger partial charge in [-0.25, -0.2) is 0 Å². The highest BCUT2D eigenvalue weighted by Crippen LogP contribution is 2.20. The fourth-order valence-corrected chi connectivity index (χ4v) is 3.85. The highest BCUT2D eigenvalue weighted by Gasteiger charge is 2.16. The number of hydrogen-bond acceptors (Lipinski definition) is 2. The van der Waals surface area contributed by atoms with Gasteiger partial charge in [-0.05, 0) is 49.7 Å². The van der Waals surface area contributed by atoms with Gasteiger partial charge in [0.05, 0.1) is 4.90 Å². The lowest BCUT2D eigenvalue weighted by Crippen LogP contribution is -2.17. The molecule has 3 aromatic carbocycles. The number of amidine groups is 1. The first-order chi connectivity index (χ1) is 12.8. The Kier molecular flexibility index (Phi) is 5.77. The van der Waals surface area contributed by atoms with Crippen LogP contribution < -0.4 is 5.32 Å². The monoisotopic (exact) mass is 442 g/mol. The maximum Gasteiger partial charge on any atom is 0.284 e. The van der Waals surface area contributed by atoms with E-state index >= 15 is 0 Å². The summed E-state index contributed by atoms with van der Waals surface area (Å²) < 4.78 is 30.5. The smallest absolute Gasteiger partial charge is 0.284 e. The number of hydrogen-bond donors (Lipinski definition) is 1. The number of anilines is 1. The molecule has 0 aromatic heterocycles. The van der Waals surface area contributed by atoms with Crippen molar-refractivity contribution in [3.63, 3.8) is 0 Å². The number of benzene rings is 3. The van der Waals surface area contributed by atoms with Gasteiger partial charge in [0, 0.05) is 15.7 Å². The SMILES string of the molecule is Cc1ccc(N/C(=N\S(=O)(=O)c2ccc(Br)cc2)c2ccccc2)c(C)c1. The standard InChI is InChI=1S/C21H19BrN2O2S/c1-15-8-13-20(16(2)14-15)23-21(17-6-4-3-5-7-17)24-27(25,26)19-11-9-18(22)10-12-19/h3-14H,1-2H3,(H,23,24). The van der Waals surface area contributed by atoms with Crippen molar-refractivity contribution in [2.45, 2.75) is 18.7 Å². The molecule has 0 aliphatic rings. The van der Waals surface area contributed by atoms with Gasteiger partial charge in [-0.1, -0.05) is 64.0 Å². The quantitative estimate of drug-likeness (QED) is 0.439. The van der Waals surface area contributed by atoms with Crippen molar-refractivity contribution in [2.75, 3.05) is 5.32 Å². The summed E-state index contributed by atoms with van der Waals surface area (Å²) in [7, 11) is -3.86. The van der Waals surface area contributed by atoms with Gasteiger partial charge < -0.3 is 5.32 Å². The summed E-state index contributed by atoms with van der Waals surface area (Å²) in [5.41, 5.74) is 3.66. The summed E-state index contributed by atoms with van der Waals surface area (Å²) in [6, 6.07) is 21.6. The van der Waals surface area contributed by atoms with E-state index in [4.69, 9.17) is 0 Å². The summed E-state index contributed by atoms with van der Waals surface area (Å²) in [6.07, 6.45) is 0. The van der Waals surface area contributed by atoms with E-state index in [0.717, 1.165) is 21.3 Å². The fraction of sp³-hybridized carbons (Fsp3) is 0.0952. The van der Waals surface area contributed by atoms with Crippen molar-refractivity contribution in [2.24, 2.45) is 4.40 Å². The van der Waals surface area contributed by atoms with Gasteiger partial charge in [0.1, 0.15) is 0 Å². The molecule has 0 radical (unpaired) electrons. The Morgan fingerprint density at radius 1 is 0.926 bits per heavy atom. The lowest BCUT2D eigenvalue weighted by molar-refractivity contribution is 0.598. The molecule has 0 fully saturated rings. The number of aryl methyl sites for hydroxylation is 2. The van der Waals surface area contributed by atoms with Gasteiger partial charge in [-0.15, -0.1) is 4.40 Å². The van der Waals surface area contributed by atoms with E-state index in [1.807, 2.05) is 62.4 Å². The van der Waals surface area contributed by atoms with Crippen LogP contribution >= 0.6 is 15.9 Å².